The molecule has 0 spiro atoms. The first-order valence-electron chi connectivity index (χ1n) is 9.29. The van der Waals surface area contributed by atoms with E-state index in [1.54, 1.807) is 0 Å². The van der Waals surface area contributed by atoms with Gasteiger partial charge in [-0.3, -0.25) is 19.4 Å². The van der Waals surface area contributed by atoms with Crippen LogP contribution in [0.1, 0.15) is 26.7 Å². The number of hydrogen-bond acceptors (Lipinski definition) is 4. The van der Waals surface area contributed by atoms with Crippen molar-refractivity contribution in [2.24, 2.45) is 0 Å². The second kappa shape index (κ2) is 10.6. The fraction of sp³-hybridized carbons (Fsp3) is 0.579. The van der Waals surface area contributed by atoms with E-state index in [0.717, 1.165) is 55.7 Å². The molecule has 1 heterocycles. The Hall–Kier alpha value is -1.44. The number of piperazine rings is 1. The van der Waals surface area contributed by atoms with Crippen molar-refractivity contribution in [3.63, 3.8) is 0 Å². The first-order valence-corrected chi connectivity index (χ1v) is 10.1. The number of nitrogens with zero attached hydrogens (tertiary/aromatic N) is 2. The summed E-state index contributed by atoms with van der Waals surface area (Å²) in [6.45, 7) is 8.42. The molecular weight excluding hydrogens is 396 g/mol. The lowest BCUT2D eigenvalue weighted by molar-refractivity contribution is -0.124. The van der Waals surface area contributed by atoms with Gasteiger partial charge in [0.15, 0.2) is 0 Å². The molecule has 0 unspecified atom stereocenters. The summed E-state index contributed by atoms with van der Waals surface area (Å²) in [6, 6.07) is 7.38. The Labute approximate surface area is 164 Å². The van der Waals surface area contributed by atoms with Gasteiger partial charge in [-0.1, -0.05) is 29.3 Å². The van der Waals surface area contributed by atoms with E-state index in [2.05, 4.69) is 43.3 Å². The van der Waals surface area contributed by atoms with E-state index in [-0.39, 0.29) is 17.9 Å². The molecule has 1 aromatic rings. The van der Waals surface area contributed by atoms with Crippen molar-refractivity contribution in [2.75, 3.05) is 44.6 Å². The molecular formula is C19H29BrN4O2. The molecule has 6 nitrogen and oxygen atoms in total. The quantitative estimate of drug-likeness (QED) is 0.628. The highest BCUT2D eigenvalue weighted by atomic mass is 79.9. The summed E-state index contributed by atoms with van der Waals surface area (Å²) in [5, 5.41) is 5.91. The zero-order valence-electron chi connectivity index (χ0n) is 15.6. The average Bonchev–Trinajstić information content (AvgIpc) is 2.64. The number of carbonyl (C=O) groups excluding carboxylic acids is 2. The van der Waals surface area contributed by atoms with Gasteiger partial charge in [0.1, 0.15) is 0 Å². The molecule has 144 valence electrons. The van der Waals surface area contributed by atoms with Crippen LogP contribution >= 0.6 is 15.9 Å². The Kier molecular flexibility index (Phi) is 8.54. The summed E-state index contributed by atoms with van der Waals surface area (Å²) in [7, 11) is 0. The van der Waals surface area contributed by atoms with Crippen LogP contribution in [0.3, 0.4) is 0 Å². The number of rotatable bonds is 8. The van der Waals surface area contributed by atoms with Crippen LogP contribution in [0, 0.1) is 0 Å². The lowest BCUT2D eigenvalue weighted by Gasteiger charge is -2.37. The summed E-state index contributed by atoms with van der Waals surface area (Å²) in [4.78, 5) is 28.7. The van der Waals surface area contributed by atoms with Crippen LogP contribution < -0.4 is 10.6 Å². The van der Waals surface area contributed by atoms with Gasteiger partial charge < -0.3 is 10.6 Å². The monoisotopic (exact) mass is 424 g/mol. The van der Waals surface area contributed by atoms with Gasteiger partial charge >= 0.3 is 0 Å². The van der Waals surface area contributed by atoms with E-state index < -0.39 is 0 Å². The van der Waals surface area contributed by atoms with Crippen molar-refractivity contribution < 1.29 is 9.59 Å². The Balaban J connectivity index is 1.73. The zero-order valence-corrected chi connectivity index (χ0v) is 17.2. The van der Waals surface area contributed by atoms with E-state index in [1.807, 2.05) is 31.2 Å². The van der Waals surface area contributed by atoms with Crippen molar-refractivity contribution in [3.05, 3.63) is 28.7 Å². The summed E-state index contributed by atoms with van der Waals surface area (Å²) in [6.07, 6.45) is 2.10. The molecule has 0 aliphatic carbocycles. The number of anilines is 1. The summed E-state index contributed by atoms with van der Waals surface area (Å²) in [5.74, 6) is 0.0889. The molecule has 0 aromatic heterocycles. The molecule has 0 bridgehead atoms. The summed E-state index contributed by atoms with van der Waals surface area (Å²) in [5.41, 5.74) is 0.799. The van der Waals surface area contributed by atoms with E-state index in [4.69, 9.17) is 0 Å². The van der Waals surface area contributed by atoms with Crippen LogP contribution in [0.25, 0.3) is 0 Å². The maximum Gasteiger partial charge on any atom is 0.241 e. The van der Waals surface area contributed by atoms with E-state index in [0.29, 0.717) is 6.54 Å². The van der Waals surface area contributed by atoms with Gasteiger partial charge in [0.25, 0.3) is 0 Å². The molecule has 2 rings (SSSR count). The van der Waals surface area contributed by atoms with Crippen LogP contribution in [0.2, 0.25) is 0 Å². The SMILES string of the molecule is CCCCNC(=O)CN1CCN([C@H](C)C(=O)Nc2ccc(Br)cc2)CC1. The Morgan fingerprint density at radius 3 is 2.42 bits per heavy atom. The summed E-state index contributed by atoms with van der Waals surface area (Å²) < 4.78 is 0.985. The Morgan fingerprint density at radius 2 is 1.81 bits per heavy atom. The van der Waals surface area contributed by atoms with Gasteiger partial charge in [-0.25, -0.2) is 0 Å². The fourth-order valence-electron chi connectivity index (χ4n) is 2.92. The molecule has 1 saturated heterocycles. The number of halogens is 1. The van der Waals surface area contributed by atoms with Crippen molar-refractivity contribution in [1.82, 2.24) is 15.1 Å². The van der Waals surface area contributed by atoms with Gasteiger partial charge in [0.05, 0.1) is 12.6 Å². The molecule has 1 atom stereocenters. The standard InChI is InChI=1S/C19H29BrN4O2/c1-3-4-9-21-18(25)14-23-10-12-24(13-11-23)15(2)19(26)22-17-7-5-16(20)6-8-17/h5-8,15H,3-4,9-14H2,1-2H3,(H,21,25)(H,22,26)/t15-/m1/s1. The molecule has 2 N–H and O–H groups in total. The van der Waals surface area contributed by atoms with Crippen molar-refractivity contribution >= 4 is 33.4 Å². The minimum Gasteiger partial charge on any atom is -0.355 e. The van der Waals surface area contributed by atoms with Gasteiger partial charge in [-0.15, -0.1) is 0 Å². The first-order chi connectivity index (χ1) is 12.5. The van der Waals surface area contributed by atoms with Crippen molar-refractivity contribution in [2.45, 2.75) is 32.7 Å². The number of hydrogen-bond donors (Lipinski definition) is 2. The maximum atomic E-state index is 12.5. The third kappa shape index (κ3) is 6.70. The number of amides is 2. The van der Waals surface area contributed by atoms with Gasteiger partial charge in [0, 0.05) is 42.9 Å². The minimum absolute atomic E-state index is 0.00178. The largest absolute Gasteiger partial charge is 0.355 e. The van der Waals surface area contributed by atoms with Gasteiger partial charge in [-0.05, 0) is 37.6 Å². The molecule has 1 aromatic carbocycles. The number of benzene rings is 1. The normalized spacial score (nSPS) is 16.9. The maximum absolute atomic E-state index is 12.5. The topological polar surface area (TPSA) is 64.7 Å². The highest BCUT2D eigenvalue weighted by molar-refractivity contribution is 9.10. The smallest absolute Gasteiger partial charge is 0.241 e. The molecule has 2 amide bonds. The highest BCUT2D eigenvalue weighted by Gasteiger charge is 2.26. The third-order valence-electron chi connectivity index (χ3n) is 4.67. The van der Waals surface area contributed by atoms with Crippen LogP contribution in [0.5, 0.6) is 0 Å². The van der Waals surface area contributed by atoms with E-state index in [1.165, 1.54) is 0 Å². The number of unbranched alkanes of at least 4 members (excludes halogenated alkanes) is 1. The number of nitrogens with one attached hydrogen (secondary N) is 2. The average molecular weight is 425 g/mol. The predicted molar refractivity (Wildman–Crippen MR) is 108 cm³/mol. The van der Waals surface area contributed by atoms with Gasteiger partial charge in [0.2, 0.25) is 11.8 Å². The molecule has 1 aliphatic heterocycles. The second-order valence-corrected chi connectivity index (χ2v) is 7.60. The first kappa shape index (κ1) is 20.9. The van der Waals surface area contributed by atoms with Crippen LogP contribution in [-0.2, 0) is 9.59 Å². The van der Waals surface area contributed by atoms with E-state index >= 15 is 0 Å². The zero-order chi connectivity index (χ0) is 18.9. The lowest BCUT2D eigenvalue weighted by atomic mass is 10.2. The Bertz CT molecular complexity index is 586. The highest BCUT2D eigenvalue weighted by Crippen LogP contribution is 2.15. The summed E-state index contributed by atoms with van der Waals surface area (Å²) >= 11 is 3.39. The second-order valence-electron chi connectivity index (χ2n) is 6.69. The Morgan fingerprint density at radius 1 is 1.15 bits per heavy atom. The third-order valence-corrected chi connectivity index (χ3v) is 5.19. The lowest BCUT2D eigenvalue weighted by Crippen LogP contribution is -2.54. The van der Waals surface area contributed by atoms with Crippen LogP contribution in [0.15, 0.2) is 28.7 Å². The fourth-order valence-corrected chi connectivity index (χ4v) is 3.18. The molecule has 26 heavy (non-hydrogen) atoms. The number of carbonyl (C=O) groups is 2. The predicted octanol–water partition coefficient (Wildman–Crippen LogP) is 2.31. The van der Waals surface area contributed by atoms with E-state index in [9.17, 15) is 9.59 Å². The molecule has 0 saturated carbocycles. The molecule has 1 fully saturated rings. The van der Waals surface area contributed by atoms with Crippen LogP contribution in [-0.4, -0.2) is 66.9 Å². The minimum atomic E-state index is -0.195. The van der Waals surface area contributed by atoms with Crippen molar-refractivity contribution in [1.29, 1.82) is 0 Å². The molecule has 1 aliphatic rings. The van der Waals surface area contributed by atoms with Gasteiger partial charge in [-0.2, -0.15) is 0 Å². The molecule has 0 radical (unpaired) electrons. The van der Waals surface area contributed by atoms with Crippen LogP contribution in [0.4, 0.5) is 5.69 Å². The van der Waals surface area contributed by atoms with Crippen molar-refractivity contribution in [3.8, 4) is 0 Å². The molecule has 7 heteroatoms.